The summed E-state index contributed by atoms with van der Waals surface area (Å²) in [5, 5.41) is 21.8. The van der Waals surface area contributed by atoms with E-state index in [4.69, 9.17) is 14.9 Å². The number of aliphatic carboxylic acids is 1. The molecule has 0 aliphatic rings. The van der Waals surface area contributed by atoms with Gasteiger partial charge in [-0.3, -0.25) is 4.79 Å². The van der Waals surface area contributed by atoms with Gasteiger partial charge in [0.25, 0.3) is 0 Å². The van der Waals surface area contributed by atoms with Crippen LogP contribution in [0.1, 0.15) is 21.7 Å². The van der Waals surface area contributed by atoms with Gasteiger partial charge >= 0.3 is 23.9 Å². The van der Waals surface area contributed by atoms with E-state index in [0.717, 1.165) is 11.3 Å². The first-order chi connectivity index (χ1) is 10.8. The van der Waals surface area contributed by atoms with Crippen LogP contribution in [0.4, 0.5) is 9.80 Å². The second-order valence-electron chi connectivity index (χ2n) is 4.09. The largest absolute Gasteiger partial charge is 0.478 e. The van der Waals surface area contributed by atoms with E-state index in [1.54, 1.807) is 6.08 Å². The molecular formula is C13H14N2O7S. The number of nitrogens with one attached hydrogen (secondary N) is 2. The molecular weight excluding hydrogens is 328 g/mol. The highest BCUT2D eigenvalue weighted by Crippen LogP contribution is 2.28. The van der Waals surface area contributed by atoms with Crippen LogP contribution in [0.5, 0.6) is 0 Å². The number of hydrogen-bond donors (Lipinski definition) is 4. The molecule has 0 aromatic carbocycles. The Morgan fingerprint density at radius 3 is 2.57 bits per heavy atom. The van der Waals surface area contributed by atoms with Gasteiger partial charge in [-0.15, -0.1) is 17.9 Å². The van der Waals surface area contributed by atoms with E-state index >= 15 is 0 Å². The third-order valence-electron chi connectivity index (χ3n) is 2.40. The molecule has 1 rings (SSSR count). The van der Waals surface area contributed by atoms with Crippen molar-refractivity contribution in [2.24, 2.45) is 0 Å². The Morgan fingerprint density at radius 1 is 1.30 bits per heavy atom. The number of hydrogen-bond acceptors (Lipinski definition) is 6. The maximum atomic E-state index is 11.4. The van der Waals surface area contributed by atoms with Crippen molar-refractivity contribution >= 4 is 40.3 Å². The molecule has 0 spiro atoms. The minimum atomic E-state index is -1.74. The normalized spacial score (nSPS) is 9.74. The second kappa shape index (κ2) is 8.54. The molecule has 10 heteroatoms. The molecule has 2 amide bonds. The van der Waals surface area contributed by atoms with Crippen LogP contribution in [0.3, 0.4) is 0 Å². The molecule has 23 heavy (non-hydrogen) atoms. The summed E-state index contributed by atoms with van der Waals surface area (Å²) in [6.45, 7) is 3.61. The van der Waals surface area contributed by atoms with Crippen molar-refractivity contribution in [3.05, 3.63) is 29.2 Å². The highest BCUT2D eigenvalue weighted by molar-refractivity contribution is 7.16. The number of anilines is 1. The van der Waals surface area contributed by atoms with E-state index in [2.05, 4.69) is 11.9 Å². The molecule has 1 aromatic heterocycles. The van der Waals surface area contributed by atoms with E-state index in [-0.39, 0.29) is 23.7 Å². The average molecular weight is 342 g/mol. The third kappa shape index (κ3) is 5.79. The van der Waals surface area contributed by atoms with Gasteiger partial charge in [0.05, 0.1) is 18.7 Å². The predicted octanol–water partition coefficient (Wildman–Crippen LogP) is 1.27. The standard InChI is InChI=1S/C13H14N2O7S/c1-2-3-4-22-13(21)14-6-7-5-8(11(17)18)10(23-7)15-9(16)12(19)20/h2,5H,1,3-4,6H2,(H,14,21)(H,15,16)(H,17,18)(H,19,20). The number of carbonyl (C=O) groups is 4. The number of alkyl carbamates (subject to hydrolysis) is 1. The Kier molecular flexibility index (Phi) is 6.74. The van der Waals surface area contributed by atoms with Crippen LogP contribution in [0.2, 0.25) is 0 Å². The van der Waals surface area contributed by atoms with Gasteiger partial charge in [0.1, 0.15) is 5.00 Å². The van der Waals surface area contributed by atoms with Crippen molar-refractivity contribution in [1.29, 1.82) is 0 Å². The van der Waals surface area contributed by atoms with Crippen molar-refractivity contribution < 1.29 is 34.1 Å². The average Bonchev–Trinajstić information content (AvgIpc) is 2.88. The summed E-state index contributed by atoms with van der Waals surface area (Å²) in [6, 6.07) is 1.23. The SMILES string of the molecule is C=CCCOC(=O)NCc1cc(C(=O)O)c(NC(=O)C(=O)O)s1. The van der Waals surface area contributed by atoms with Gasteiger partial charge in [0.2, 0.25) is 0 Å². The molecule has 0 aliphatic carbocycles. The first kappa shape index (κ1) is 18.2. The number of ether oxygens (including phenoxy) is 1. The number of carboxylic acid groups (broad SMARTS) is 2. The lowest BCUT2D eigenvalue weighted by Crippen LogP contribution is -2.23. The summed E-state index contributed by atoms with van der Waals surface area (Å²) in [7, 11) is 0. The molecule has 124 valence electrons. The number of rotatable bonds is 7. The fraction of sp³-hybridized carbons (Fsp3) is 0.231. The van der Waals surface area contributed by atoms with Gasteiger partial charge in [0, 0.05) is 4.88 Å². The van der Waals surface area contributed by atoms with Crippen LogP contribution in [0, 0.1) is 0 Å². The van der Waals surface area contributed by atoms with Crippen LogP contribution in [0.25, 0.3) is 0 Å². The molecule has 0 atom stereocenters. The monoisotopic (exact) mass is 342 g/mol. The van der Waals surface area contributed by atoms with Crippen LogP contribution in [-0.4, -0.2) is 40.8 Å². The lowest BCUT2D eigenvalue weighted by molar-refractivity contribution is -0.147. The van der Waals surface area contributed by atoms with Gasteiger partial charge in [-0.05, 0) is 12.5 Å². The smallest absolute Gasteiger partial charge is 0.407 e. The van der Waals surface area contributed by atoms with Gasteiger partial charge in [-0.1, -0.05) is 6.08 Å². The van der Waals surface area contributed by atoms with Crippen LogP contribution in [0.15, 0.2) is 18.7 Å². The van der Waals surface area contributed by atoms with Crippen LogP contribution in [-0.2, 0) is 20.9 Å². The molecule has 9 nitrogen and oxygen atoms in total. The van der Waals surface area contributed by atoms with Gasteiger partial charge in [-0.2, -0.15) is 0 Å². The fourth-order valence-electron chi connectivity index (χ4n) is 1.38. The number of carboxylic acids is 2. The highest BCUT2D eigenvalue weighted by Gasteiger charge is 2.20. The zero-order chi connectivity index (χ0) is 17.4. The summed E-state index contributed by atoms with van der Waals surface area (Å²) in [4.78, 5) is 44.5. The molecule has 0 bridgehead atoms. The van der Waals surface area contributed by atoms with E-state index in [1.807, 2.05) is 5.32 Å². The summed E-state index contributed by atoms with van der Waals surface area (Å²) in [5.41, 5.74) is -0.263. The molecule has 0 fully saturated rings. The minimum Gasteiger partial charge on any atom is -0.478 e. The maximum absolute atomic E-state index is 11.4. The van der Waals surface area contributed by atoms with Crippen molar-refractivity contribution in [2.75, 3.05) is 11.9 Å². The van der Waals surface area contributed by atoms with Crippen molar-refractivity contribution in [3.8, 4) is 0 Å². The van der Waals surface area contributed by atoms with Crippen molar-refractivity contribution in [2.45, 2.75) is 13.0 Å². The molecule has 1 aromatic rings. The molecule has 0 aliphatic heterocycles. The number of thiophene rings is 1. The topological polar surface area (TPSA) is 142 Å². The zero-order valence-corrected chi connectivity index (χ0v) is 12.6. The molecule has 0 saturated carbocycles. The molecule has 4 N–H and O–H groups in total. The summed E-state index contributed by atoms with van der Waals surface area (Å²) in [6.07, 6.45) is 1.40. The van der Waals surface area contributed by atoms with Crippen molar-refractivity contribution in [1.82, 2.24) is 5.32 Å². The predicted molar refractivity (Wildman–Crippen MR) is 80.5 cm³/mol. The Bertz CT molecular complexity index is 638. The van der Waals surface area contributed by atoms with E-state index < -0.39 is 23.9 Å². The Balaban J connectivity index is 2.71. The number of carbonyl (C=O) groups excluding carboxylic acids is 2. The fourth-order valence-corrected chi connectivity index (χ4v) is 2.37. The van der Waals surface area contributed by atoms with Gasteiger partial charge in [-0.25, -0.2) is 14.4 Å². The van der Waals surface area contributed by atoms with E-state index in [9.17, 15) is 19.2 Å². The molecule has 0 radical (unpaired) electrons. The van der Waals surface area contributed by atoms with Crippen molar-refractivity contribution in [3.63, 3.8) is 0 Å². The quantitative estimate of drug-likeness (QED) is 0.332. The van der Waals surface area contributed by atoms with Gasteiger partial charge < -0.3 is 25.6 Å². The van der Waals surface area contributed by atoms with E-state index in [1.165, 1.54) is 6.07 Å². The summed E-state index contributed by atoms with van der Waals surface area (Å²) >= 11 is 0.841. The number of aromatic carboxylic acids is 1. The maximum Gasteiger partial charge on any atom is 0.407 e. The Morgan fingerprint density at radius 2 is 2.00 bits per heavy atom. The Hall–Kier alpha value is -2.88. The first-order valence-electron chi connectivity index (χ1n) is 6.27. The van der Waals surface area contributed by atoms with Crippen LogP contribution >= 0.6 is 11.3 Å². The highest BCUT2D eigenvalue weighted by atomic mass is 32.1. The second-order valence-corrected chi connectivity index (χ2v) is 5.22. The van der Waals surface area contributed by atoms with E-state index in [0.29, 0.717) is 11.3 Å². The minimum absolute atomic E-state index is 0.0270. The third-order valence-corrected chi connectivity index (χ3v) is 3.45. The molecule has 1 heterocycles. The zero-order valence-electron chi connectivity index (χ0n) is 11.8. The molecule has 0 saturated heterocycles. The number of amides is 2. The lowest BCUT2D eigenvalue weighted by atomic mass is 10.3. The van der Waals surface area contributed by atoms with Crippen LogP contribution < -0.4 is 10.6 Å². The summed E-state index contributed by atoms with van der Waals surface area (Å²) in [5.74, 6) is -4.42. The Labute approximate surface area is 134 Å². The lowest BCUT2D eigenvalue weighted by Gasteiger charge is -2.04. The van der Waals surface area contributed by atoms with Gasteiger partial charge in [0.15, 0.2) is 0 Å². The molecule has 0 unspecified atom stereocenters. The first-order valence-corrected chi connectivity index (χ1v) is 7.08. The summed E-state index contributed by atoms with van der Waals surface area (Å²) < 4.78 is 4.80.